The minimum atomic E-state index is -0.516. The molecule has 2 saturated heterocycles. The van der Waals surface area contributed by atoms with E-state index in [1.54, 1.807) is 6.92 Å². The third-order valence-electron chi connectivity index (χ3n) is 4.99. The summed E-state index contributed by atoms with van der Waals surface area (Å²) in [4.78, 5) is 9.44. The SMILES string of the molecule is CC(O)c1cccc(N2CCC(N3CCC(O)CC3)CC2)n1. The van der Waals surface area contributed by atoms with Crippen LogP contribution in [0.5, 0.6) is 0 Å². The van der Waals surface area contributed by atoms with Crippen molar-refractivity contribution in [3.8, 4) is 0 Å². The molecule has 3 heterocycles. The molecule has 0 aliphatic carbocycles. The molecule has 1 aromatic heterocycles. The number of pyridine rings is 1. The number of anilines is 1. The second-order valence-corrected chi connectivity index (χ2v) is 6.58. The number of piperidine rings is 2. The first-order valence-corrected chi connectivity index (χ1v) is 8.45. The molecule has 0 bridgehead atoms. The number of aliphatic hydroxyl groups is 2. The standard InChI is InChI=1S/C17H27N3O2/c1-13(21)16-3-2-4-17(18-16)20-9-5-14(6-10-20)19-11-7-15(22)8-12-19/h2-4,13-15,21-22H,5-12H2,1H3. The molecule has 122 valence electrons. The van der Waals surface area contributed by atoms with E-state index in [-0.39, 0.29) is 6.10 Å². The van der Waals surface area contributed by atoms with Crippen molar-refractivity contribution < 1.29 is 10.2 Å². The van der Waals surface area contributed by atoms with E-state index in [4.69, 9.17) is 0 Å². The Morgan fingerprint density at radius 2 is 1.77 bits per heavy atom. The van der Waals surface area contributed by atoms with E-state index in [9.17, 15) is 10.2 Å². The molecular formula is C17H27N3O2. The Balaban J connectivity index is 1.56. The lowest BCUT2D eigenvalue weighted by molar-refractivity contribution is 0.0541. The molecule has 2 aliphatic heterocycles. The summed E-state index contributed by atoms with van der Waals surface area (Å²) >= 11 is 0. The van der Waals surface area contributed by atoms with Crippen LogP contribution in [0.1, 0.15) is 44.4 Å². The van der Waals surface area contributed by atoms with Gasteiger partial charge in [-0.05, 0) is 44.7 Å². The van der Waals surface area contributed by atoms with Gasteiger partial charge < -0.3 is 20.0 Å². The van der Waals surface area contributed by atoms with Gasteiger partial charge in [-0.3, -0.25) is 0 Å². The highest BCUT2D eigenvalue weighted by molar-refractivity contribution is 5.40. The van der Waals surface area contributed by atoms with E-state index >= 15 is 0 Å². The fraction of sp³-hybridized carbons (Fsp3) is 0.706. The molecule has 0 spiro atoms. The van der Waals surface area contributed by atoms with E-state index in [0.29, 0.717) is 6.04 Å². The highest BCUT2D eigenvalue weighted by Crippen LogP contribution is 2.24. The fourth-order valence-electron chi connectivity index (χ4n) is 3.56. The zero-order valence-corrected chi connectivity index (χ0v) is 13.4. The van der Waals surface area contributed by atoms with Gasteiger partial charge in [0.25, 0.3) is 0 Å². The molecule has 0 amide bonds. The number of hydrogen-bond acceptors (Lipinski definition) is 5. The molecule has 22 heavy (non-hydrogen) atoms. The van der Waals surface area contributed by atoms with Crippen molar-refractivity contribution in [2.24, 2.45) is 0 Å². The summed E-state index contributed by atoms with van der Waals surface area (Å²) in [6.45, 7) is 5.84. The number of nitrogens with zero attached hydrogens (tertiary/aromatic N) is 3. The van der Waals surface area contributed by atoms with Gasteiger partial charge in [0, 0.05) is 32.2 Å². The van der Waals surface area contributed by atoms with Crippen LogP contribution in [-0.2, 0) is 0 Å². The first-order valence-electron chi connectivity index (χ1n) is 8.45. The minimum Gasteiger partial charge on any atom is -0.393 e. The fourth-order valence-corrected chi connectivity index (χ4v) is 3.56. The largest absolute Gasteiger partial charge is 0.393 e. The first-order chi connectivity index (χ1) is 10.6. The van der Waals surface area contributed by atoms with Gasteiger partial charge in [-0.15, -0.1) is 0 Å². The number of likely N-dealkylation sites (tertiary alicyclic amines) is 1. The molecule has 2 fully saturated rings. The van der Waals surface area contributed by atoms with Crippen LogP contribution >= 0.6 is 0 Å². The third kappa shape index (κ3) is 3.59. The van der Waals surface area contributed by atoms with Crippen molar-refractivity contribution in [1.29, 1.82) is 0 Å². The van der Waals surface area contributed by atoms with Crippen LogP contribution < -0.4 is 4.90 Å². The second kappa shape index (κ2) is 6.94. The lowest BCUT2D eigenvalue weighted by atomic mass is 9.99. The van der Waals surface area contributed by atoms with Crippen LogP contribution in [0.3, 0.4) is 0 Å². The Morgan fingerprint density at radius 3 is 2.41 bits per heavy atom. The molecule has 5 nitrogen and oxygen atoms in total. The summed E-state index contributed by atoms with van der Waals surface area (Å²) in [6, 6.07) is 6.52. The first kappa shape index (κ1) is 15.7. The zero-order valence-electron chi connectivity index (χ0n) is 13.4. The molecule has 2 aliphatic rings. The highest BCUT2D eigenvalue weighted by atomic mass is 16.3. The highest BCUT2D eigenvalue weighted by Gasteiger charge is 2.28. The molecule has 1 atom stereocenters. The molecule has 2 N–H and O–H groups in total. The van der Waals surface area contributed by atoms with Crippen molar-refractivity contribution in [2.45, 2.75) is 50.9 Å². The summed E-state index contributed by atoms with van der Waals surface area (Å²) < 4.78 is 0. The normalized spacial score (nSPS) is 23.7. The quantitative estimate of drug-likeness (QED) is 0.887. The summed E-state index contributed by atoms with van der Waals surface area (Å²) in [6.07, 6.45) is 3.52. The topological polar surface area (TPSA) is 59.8 Å². The Labute approximate surface area is 132 Å². The predicted octanol–water partition coefficient (Wildman–Crippen LogP) is 1.56. The second-order valence-electron chi connectivity index (χ2n) is 6.58. The zero-order chi connectivity index (χ0) is 15.5. The molecule has 0 aromatic carbocycles. The van der Waals surface area contributed by atoms with Crippen LogP contribution in [0.4, 0.5) is 5.82 Å². The van der Waals surface area contributed by atoms with E-state index in [1.807, 2.05) is 18.2 Å². The average Bonchev–Trinajstić information content (AvgIpc) is 2.56. The van der Waals surface area contributed by atoms with Crippen molar-refractivity contribution in [3.63, 3.8) is 0 Å². The maximum atomic E-state index is 9.67. The number of aliphatic hydroxyl groups excluding tert-OH is 2. The summed E-state index contributed by atoms with van der Waals surface area (Å²) in [7, 11) is 0. The van der Waals surface area contributed by atoms with Crippen LogP contribution in [-0.4, -0.2) is 58.4 Å². The summed E-state index contributed by atoms with van der Waals surface area (Å²) in [5.74, 6) is 0.978. The molecule has 1 unspecified atom stereocenters. The van der Waals surface area contributed by atoms with Crippen molar-refractivity contribution >= 4 is 5.82 Å². The predicted molar refractivity (Wildman–Crippen MR) is 86.9 cm³/mol. The third-order valence-corrected chi connectivity index (χ3v) is 4.99. The van der Waals surface area contributed by atoms with Crippen LogP contribution in [0.15, 0.2) is 18.2 Å². The minimum absolute atomic E-state index is 0.0937. The molecular weight excluding hydrogens is 278 g/mol. The van der Waals surface area contributed by atoms with E-state index in [0.717, 1.165) is 63.4 Å². The van der Waals surface area contributed by atoms with Gasteiger partial charge in [0.15, 0.2) is 0 Å². The van der Waals surface area contributed by atoms with Gasteiger partial charge in [-0.25, -0.2) is 4.98 Å². The van der Waals surface area contributed by atoms with E-state index in [1.165, 1.54) is 0 Å². The summed E-state index contributed by atoms with van der Waals surface area (Å²) in [5, 5.41) is 19.3. The van der Waals surface area contributed by atoms with Gasteiger partial charge in [0.1, 0.15) is 5.82 Å². The Morgan fingerprint density at radius 1 is 1.09 bits per heavy atom. The number of hydrogen-bond donors (Lipinski definition) is 2. The maximum absolute atomic E-state index is 9.67. The van der Waals surface area contributed by atoms with E-state index in [2.05, 4.69) is 14.8 Å². The van der Waals surface area contributed by atoms with Gasteiger partial charge in [0.2, 0.25) is 0 Å². The molecule has 3 rings (SSSR count). The number of rotatable bonds is 3. The monoisotopic (exact) mass is 305 g/mol. The van der Waals surface area contributed by atoms with Gasteiger partial charge in [-0.2, -0.15) is 0 Å². The van der Waals surface area contributed by atoms with Crippen LogP contribution in [0.25, 0.3) is 0 Å². The van der Waals surface area contributed by atoms with E-state index < -0.39 is 6.10 Å². The van der Waals surface area contributed by atoms with Crippen LogP contribution in [0, 0.1) is 0 Å². The molecule has 5 heteroatoms. The van der Waals surface area contributed by atoms with Crippen molar-refractivity contribution in [1.82, 2.24) is 9.88 Å². The average molecular weight is 305 g/mol. The van der Waals surface area contributed by atoms with Crippen molar-refractivity contribution in [3.05, 3.63) is 23.9 Å². The molecule has 0 radical (unpaired) electrons. The maximum Gasteiger partial charge on any atom is 0.128 e. The Hall–Kier alpha value is -1.17. The summed E-state index contributed by atoms with van der Waals surface area (Å²) in [5.41, 5.74) is 0.740. The Kier molecular flexibility index (Phi) is 4.96. The molecule has 0 saturated carbocycles. The Bertz CT molecular complexity index is 479. The van der Waals surface area contributed by atoms with Gasteiger partial charge >= 0.3 is 0 Å². The number of aromatic nitrogens is 1. The van der Waals surface area contributed by atoms with Crippen molar-refractivity contribution in [2.75, 3.05) is 31.1 Å². The lowest BCUT2D eigenvalue weighted by Crippen LogP contribution is -2.48. The lowest BCUT2D eigenvalue weighted by Gasteiger charge is -2.41. The van der Waals surface area contributed by atoms with Crippen LogP contribution in [0.2, 0.25) is 0 Å². The smallest absolute Gasteiger partial charge is 0.128 e. The van der Waals surface area contributed by atoms with Gasteiger partial charge in [0.05, 0.1) is 17.9 Å². The van der Waals surface area contributed by atoms with Gasteiger partial charge in [-0.1, -0.05) is 6.07 Å². The molecule has 1 aromatic rings.